The van der Waals surface area contributed by atoms with Crippen molar-refractivity contribution in [3.05, 3.63) is 52.5 Å². The third-order valence-corrected chi connectivity index (χ3v) is 3.89. The van der Waals surface area contributed by atoms with Gasteiger partial charge in [-0.25, -0.2) is 0 Å². The highest BCUT2D eigenvalue weighted by Crippen LogP contribution is 2.43. The summed E-state index contributed by atoms with van der Waals surface area (Å²) in [5.41, 5.74) is 8.71. The average Bonchev–Trinajstić information content (AvgIpc) is 2.96. The number of nitrogens with zero attached hydrogens (tertiary/aromatic N) is 2. The van der Waals surface area contributed by atoms with Crippen LogP contribution in [0.3, 0.4) is 0 Å². The molecule has 0 spiro atoms. The Hall–Kier alpha value is -2.98. The van der Waals surface area contributed by atoms with E-state index in [0.29, 0.717) is 18.1 Å². The van der Waals surface area contributed by atoms with Crippen LogP contribution in [0, 0.1) is 11.3 Å². The van der Waals surface area contributed by atoms with Crippen LogP contribution in [-0.2, 0) is 11.3 Å². The number of fused-ring (bicyclic) bond motifs is 1. The molecule has 1 unspecified atom stereocenters. The molecule has 3 N–H and O–H groups in total. The van der Waals surface area contributed by atoms with Crippen LogP contribution < -0.4 is 15.2 Å². The van der Waals surface area contributed by atoms with Gasteiger partial charge in [0.1, 0.15) is 17.4 Å². The molecule has 0 fully saturated rings. The lowest BCUT2D eigenvalue weighted by atomic mass is 9.84. The topological polar surface area (TPSA) is 106 Å². The highest BCUT2D eigenvalue weighted by atomic mass is 16.5. The maximum Gasteiger partial charge on any atom is 0.244 e. The molecule has 2 heterocycles. The Balaban J connectivity index is 2.06. The molecule has 1 aliphatic rings. The molecular formula is C18H20N4O3. The number of methoxy groups -OCH3 is 1. The minimum atomic E-state index is -0.370. The Morgan fingerprint density at radius 1 is 1.36 bits per heavy atom. The molecule has 0 saturated carbocycles. The lowest BCUT2D eigenvalue weighted by Gasteiger charge is -2.24. The molecule has 0 saturated heterocycles. The molecule has 1 atom stereocenters. The van der Waals surface area contributed by atoms with Crippen LogP contribution in [0.25, 0.3) is 0 Å². The quantitative estimate of drug-likeness (QED) is 0.866. The third kappa shape index (κ3) is 3.16. The summed E-state index contributed by atoms with van der Waals surface area (Å²) in [6, 6.07) is 9.77. The smallest absolute Gasteiger partial charge is 0.244 e. The molecule has 2 aromatic rings. The van der Waals surface area contributed by atoms with Gasteiger partial charge in [-0.3, -0.25) is 5.10 Å². The van der Waals surface area contributed by atoms with Gasteiger partial charge in [-0.15, -0.1) is 5.10 Å². The number of nitrogens with two attached hydrogens (primary N) is 1. The van der Waals surface area contributed by atoms with Crippen molar-refractivity contribution in [3.63, 3.8) is 0 Å². The van der Waals surface area contributed by atoms with Crippen LogP contribution in [0.4, 0.5) is 0 Å². The summed E-state index contributed by atoms with van der Waals surface area (Å²) in [5, 5.41) is 16.7. The van der Waals surface area contributed by atoms with Crippen molar-refractivity contribution in [1.82, 2.24) is 10.2 Å². The number of hydrogen-bond donors (Lipinski definition) is 2. The minimum absolute atomic E-state index is 0.0676. The highest BCUT2D eigenvalue weighted by Gasteiger charge is 2.35. The summed E-state index contributed by atoms with van der Waals surface area (Å²) in [6.45, 7) is 4.27. The molecular weight excluding hydrogens is 320 g/mol. The zero-order valence-corrected chi connectivity index (χ0v) is 14.4. The first-order chi connectivity index (χ1) is 12.0. The molecule has 0 bridgehead atoms. The number of aromatic amines is 1. The van der Waals surface area contributed by atoms with Crippen LogP contribution in [0.2, 0.25) is 0 Å². The summed E-state index contributed by atoms with van der Waals surface area (Å²) >= 11 is 0. The first kappa shape index (κ1) is 16.9. The van der Waals surface area contributed by atoms with Crippen LogP contribution in [0.5, 0.6) is 11.6 Å². The Labute approximate surface area is 146 Å². The van der Waals surface area contributed by atoms with Crippen molar-refractivity contribution >= 4 is 0 Å². The molecule has 7 nitrogen and oxygen atoms in total. The van der Waals surface area contributed by atoms with Crippen LogP contribution in [0.1, 0.15) is 36.6 Å². The Kier molecular flexibility index (Phi) is 4.63. The summed E-state index contributed by atoms with van der Waals surface area (Å²) in [5.74, 6) is 0.839. The number of hydrogen-bond acceptors (Lipinski definition) is 6. The molecule has 0 aliphatic carbocycles. The number of nitriles is 1. The Morgan fingerprint density at radius 3 is 2.68 bits per heavy atom. The van der Waals surface area contributed by atoms with E-state index in [1.807, 2.05) is 38.1 Å². The van der Waals surface area contributed by atoms with Gasteiger partial charge in [-0.05, 0) is 31.5 Å². The van der Waals surface area contributed by atoms with Gasteiger partial charge in [0.15, 0.2) is 0 Å². The van der Waals surface area contributed by atoms with Gasteiger partial charge in [0.2, 0.25) is 11.8 Å². The van der Waals surface area contributed by atoms with Crippen molar-refractivity contribution in [1.29, 1.82) is 5.26 Å². The normalized spacial score (nSPS) is 16.4. The average molecular weight is 340 g/mol. The van der Waals surface area contributed by atoms with E-state index in [0.717, 1.165) is 22.6 Å². The van der Waals surface area contributed by atoms with E-state index in [-0.39, 0.29) is 17.9 Å². The molecule has 1 aliphatic heterocycles. The predicted octanol–water partition coefficient (Wildman–Crippen LogP) is 2.56. The van der Waals surface area contributed by atoms with Gasteiger partial charge in [0.05, 0.1) is 29.9 Å². The zero-order chi connectivity index (χ0) is 18.0. The van der Waals surface area contributed by atoms with E-state index in [4.69, 9.17) is 19.9 Å². The van der Waals surface area contributed by atoms with Crippen molar-refractivity contribution in [2.24, 2.45) is 5.73 Å². The fraction of sp³-hybridized carbons (Fsp3) is 0.333. The number of benzene rings is 1. The summed E-state index contributed by atoms with van der Waals surface area (Å²) in [7, 11) is 1.60. The SMILES string of the molecule is COCc1[nH]nc2c1C(c1ccc(OC(C)C)cc1)C(C#N)=C(N)O2. The van der Waals surface area contributed by atoms with E-state index < -0.39 is 0 Å². The standard InChI is InChI=1S/C18H20N4O3/c1-10(2)24-12-6-4-11(5-7-12)15-13(8-19)17(20)25-18-16(15)14(9-23-3)21-22-18/h4-7,10,15H,9,20H2,1-3H3,(H,21,22). The fourth-order valence-corrected chi connectivity index (χ4v) is 2.91. The molecule has 3 rings (SSSR count). The predicted molar refractivity (Wildman–Crippen MR) is 90.8 cm³/mol. The molecule has 0 amide bonds. The van der Waals surface area contributed by atoms with Gasteiger partial charge in [-0.2, -0.15) is 5.26 Å². The van der Waals surface area contributed by atoms with Crippen molar-refractivity contribution in [2.45, 2.75) is 32.5 Å². The van der Waals surface area contributed by atoms with E-state index in [1.54, 1.807) is 7.11 Å². The maximum absolute atomic E-state index is 9.60. The molecule has 7 heteroatoms. The molecule has 130 valence electrons. The van der Waals surface area contributed by atoms with Crippen molar-refractivity contribution in [2.75, 3.05) is 7.11 Å². The molecule has 1 aromatic heterocycles. The van der Waals surface area contributed by atoms with Crippen LogP contribution >= 0.6 is 0 Å². The first-order valence-electron chi connectivity index (χ1n) is 7.95. The number of rotatable bonds is 5. The van der Waals surface area contributed by atoms with Crippen molar-refractivity contribution < 1.29 is 14.2 Å². The van der Waals surface area contributed by atoms with Gasteiger partial charge in [0, 0.05) is 7.11 Å². The van der Waals surface area contributed by atoms with Gasteiger partial charge in [-0.1, -0.05) is 12.1 Å². The second-order valence-electron chi connectivity index (χ2n) is 6.01. The largest absolute Gasteiger partial charge is 0.491 e. The van der Waals surface area contributed by atoms with E-state index in [1.165, 1.54) is 0 Å². The monoisotopic (exact) mass is 340 g/mol. The molecule has 25 heavy (non-hydrogen) atoms. The zero-order valence-electron chi connectivity index (χ0n) is 14.4. The maximum atomic E-state index is 9.60. The minimum Gasteiger partial charge on any atom is -0.491 e. The first-order valence-corrected chi connectivity index (χ1v) is 7.95. The highest BCUT2D eigenvalue weighted by molar-refractivity contribution is 5.55. The van der Waals surface area contributed by atoms with Crippen LogP contribution in [-0.4, -0.2) is 23.4 Å². The lowest BCUT2D eigenvalue weighted by molar-refractivity contribution is 0.180. The van der Waals surface area contributed by atoms with E-state index in [2.05, 4.69) is 16.3 Å². The molecule has 0 radical (unpaired) electrons. The van der Waals surface area contributed by atoms with Crippen LogP contribution in [0.15, 0.2) is 35.7 Å². The second-order valence-corrected chi connectivity index (χ2v) is 6.01. The second kappa shape index (κ2) is 6.87. The van der Waals surface area contributed by atoms with Gasteiger partial charge in [0.25, 0.3) is 0 Å². The number of ether oxygens (including phenoxy) is 3. The van der Waals surface area contributed by atoms with Crippen molar-refractivity contribution in [3.8, 4) is 17.7 Å². The van der Waals surface area contributed by atoms with E-state index >= 15 is 0 Å². The van der Waals surface area contributed by atoms with Gasteiger partial charge < -0.3 is 19.9 Å². The van der Waals surface area contributed by atoms with Gasteiger partial charge >= 0.3 is 0 Å². The Morgan fingerprint density at radius 2 is 2.08 bits per heavy atom. The number of nitrogens with one attached hydrogen (secondary N) is 1. The lowest BCUT2D eigenvalue weighted by Crippen LogP contribution is -2.21. The fourth-order valence-electron chi connectivity index (χ4n) is 2.91. The summed E-state index contributed by atoms with van der Waals surface area (Å²) in [4.78, 5) is 0. The number of H-pyrrole nitrogens is 1. The number of allylic oxidation sites excluding steroid dienone is 1. The Bertz CT molecular complexity index is 831. The third-order valence-electron chi connectivity index (χ3n) is 3.89. The summed E-state index contributed by atoms with van der Waals surface area (Å²) < 4.78 is 16.4. The van der Waals surface area contributed by atoms with E-state index in [9.17, 15) is 5.26 Å². The number of aromatic nitrogens is 2. The summed E-state index contributed by atoms with van der Waals surface area (Å²) in [6.07, 6.45) is 0.0907. The molecule has 1 aromatic carbocycles.